The second-order valence-corrected chi connectivity index (χ2v) is 7.04. The maximum atomic E-state index is 13.3. The monoisotopic (exact) mass is 407 g/mol. The van der Waals surface area contributed by atoms with Gasteiger partial charge in [-0.25, -0.2) is 4.39 Å². The summed E-state index contributed by atoms with van der Waals surface area (Å²) in [6.07, 6.45) is 3.18. The van der Waals surface area contributed by atoms with Crippen molar-refractivity contribution in [3.63, 3.8) is 0 Å². The quantitative estimate of drug-likeness (QED) is 0.846. The summed E-state index contributed by atoms with van der Waals surface area (Å²) in [5.74, 6) is -0.420. The highest BCUT2D eigenvalue weighted by molar-refractivity contribution is 9.10. The van der Waals surface area contributed by atoms with Crippen molar-refractivity contribution in [1.29, 1.82) is 0 Å². The molecule has 1 amide bonds. The molecule has 1 aromatic carbocycles. The summed E-state index contributed by atoms with van der Waals surface area (Å²) in [6, 6.07) is 9.70. The number of carbonyl (C=O) groups excluding carboxylic acids is 1. The minimum absolute atomic E-state index is 0.00237. The highest BCUT2D eigenvalue weighted by Gasteiger charge is 2.21. The molecule has 1 saturated heterocycles. The van der Waals surface area contributed by atoms with Crippen LogP contribution in [0.1, 0.15) is 12.8 Å². The molecule has 25 heavy (non-hydrogen) atoms. The van der Waals surface area contributed by atoms with Gasteiger partial charge in [-0.05, 0) is 53.0 Å². The minimum Gasteiger partial charge on any atom is -0.371 e. The normalized spacial score (nSPS) is 15.2. The fourth-order valence-electron chi connectivity index (χ4n) is 3.01. The van der Waals surface area contributed by atoms with Crippen LogP contribution in [0.4, 0.5) is 10.1 Å². The lowest BCUT2D eigenvalue weighted by atomic mass is 10.0. The van der Waals surface area contributed by atoms with Crippen LogP contribution in [0, 0.1) is 5.82 Å². The van der Waals surface area contributed by atoms with Crippen LogP contribution in [0.25, 0.3) is 0 Å². The van der Waals surface area contributed by atoms with Gasteiger partial charge in [0.1, 0.15) is 12.4 Å². The molecule has 1 aromatic heterocycles. The molecule has 1 N–H and O–H groups in total. The van der Waals surface area contributed by atoms with Gasteiger partial charge in [0, 0.05) is 41.6 Å². The van der Waals surface area contributed by atoms with E-state index in [0.29, 0.717) is 0 Å². The molecule has 0 radical (unpaired) electrons. The van der Waals surface area contributed by atoms with Gasteiger partial charge < -0.3 is 14.8 Å². The van der Waals surface area contributed by atoms with Crippen LogP contribution in [0.15, 0.2) is 51.9 Å². The van der Waals surface area contributed by atoms with Gasteiger partial charge in [0.15, 0.2) is 0 Å². The summed E-state index contributed by atoms with van der Waals surface area (Å²) >= 11 is 3.29. The average molecular weight is 408 g/mol. The Morgan fingerprint density at radius 1 is 1.24 bits per heavy atom. The molecule has 0 atom stereocenters. The number of pyridine rings is 1. The Balaban J connectivity index is 1.52. The second kappa shape index (κ2) is 7.82. The van der Waals surface area contributed by atoms with Gasteiger partial charge in [-0.3, -0.25) is 9.59 Å². The van der Waals surface area contributed by atoms with Gasteiger partial charge in [-0.1, -0.05) is 6.07 Å². The molecule has 0 aliphatic carbocycles. The molecule has 1 aliphatic heterocycles. The summed E-state index contributed by atoms with van der Waals surface area (Å²) < 4.78 is 15.5. The van der Waals surface area contributed by atoms with Crippen LogP contribution in [0.5, 0.6) is 0 Å². The number of amides is 1. The lowest BCUT2D eigenvalue weighted by Gasteiger charge is -2.34. The Labute approximate surface area is 153 Å². The third kappa shape index (κ3) is 4.69. The van der Waals surface area contributed by atoms with Crippen LogP contribution in [0.3, 0.4) is 0 Å². The molecule has 1 fully saturated rings. The van der Waals surface area contributed by atoms with Gasteiger partial charge >= 0.3 is 0 Å². The summed E-state index contributed by atoms with van der Waals surface area (Å²) in [7, 11) is 0. The number of benzene rings is 1. The Morgan fingerprint density at radius 2 is 2.00 bits per heavy atom. The maximum absolute atomic E-state index is 13.3. The van der Waals surface area contributed by atoms with Crippen molar-refractivity contribution in [2.45, 2.75) is 25.4 Å². The molecule has 0 unspecified atom stereocenters. The summed E-state index contributed by atoms with van der Waals surface area (Å²) in [5.41, 5.74) is 0.657. The largest absolute Gasteiger partial charge is 0.371 e. The number of anilines is 1. The van der Waals surface area contributed by atoms with E-state index in [4.69, 9.17) is 0 Å². The van der Waals surface area contributed by atoms with Crippen LogP contribution >= 0.6 is 15.9 Å². The number of nitrogens with one attached hydrogen (secondary N) is 1. The number of nitrogens with zero attached hydrogens (tertiary/aromatic N) is 2. The number of hydrogen-bond donors (Lipinski definition) is 1. The first-order valence-corrected chi connectivity index (χ1v) is 8.96. The molecule has 2 heterocycles. The van der Waals surface area contributed by atoms with Crippen molar-refractivity contribution < 1.29 is 9.18 Å². The van der Waals surface area contributed by atoms with Gasteiger partial charge in [-0.15, -0.1) is 0 Å². The average Bonchev–Trinajstić information content (AvgIpc) is 2.59. The maximum Gasteiger partial charge on any atom is 0.251 e. The van der Waals surface area contributed by atoms with Gasteiger partial charge in [0.25, 0.3) is 5.56 Å². The van der Waals surface area contributed by atoms with Gasteiger partial charge in [0.05, 0.1) is 0 Å². The third-order valence-corrected chi connectivity index (χ3v) is 4.76. The Bertz CT molecular complexity index is 816. The van der Waals surface area contributed by atoms with E-state index < -0.39 is 0 Å². The first-order valence-electron chi connectivity index (χ1n) is 8.17. The zero-order valence-electron chi connectivity index (χ0n) is 13.6. The number of carbonyl (C=O) groups is 1. The van der Waals surface area contributed by atoms with Crippen molar-refractivity contribution in [2.24, 2.45) is 0 Å². The Hall–Kier alpha value is -2.15. The topological polar surface area (TPSA) is 54.3 Å². The first kappa shape index (κ1) is 17.7. The molecule has 5 nitrogen and oxygen atoms in total. The standard InChI is InChI=1S/C18H19BrFN3O2/c19-13-4-5-18(25)23(11-13)12-17(24)21-15-6-8-22(9-7-15)16-3-1-2-14(20)10-16/h1-5,10-11,15H,6-9,12H2,(H,21,24). The van der Waals surface area contributed by atoms with Crippen molar-refractivity contribution in [2.75, 3.05) is 18.0 Å². The molecule has 1 aliphatic rings. The molecular formula is C18H19BrFN3O2. The lowest BCUT2D eigenvalue weighted by Crippen LogP contribution is -2.46. The predicted molar refractivity (Wildman–Crippen MR) is 98.2 cm³/mol. The molecule has 0 saturated carbocycles. The zero-order valence-corrected chi connectivity index (χ0v) is 15.2. The minimum atomic E-state index is -0.243. The molecule has 0 bridgehead atoms. The zero-order chi connectivity index (χ0) is 17.8. The molecular weight excluding hydrogens is 389 g/mol. The number of aromatic nitrogens is 1. The smallest absolute Gasteiger partial charge is 0.251 e. The third-order valence-electron chi connectivity index (χ3n) is 4.29. The van der Waals surface area contributed by atoms with Gasteiger partial charge in [0.2, 0.25) is 5.91 Å². The van der Waals surface area contributed by atoms with Crippen molar-refractivity contribution in [3.8, 4) is 0 Å². The van der Waals surface area contributed by atoms with Crippen molar-refractivity contribution in [3.05, 3.63) is 63.2 Å². The van der Waals surface area contributed by atoms with E-state index in [1.54, 1.807) is 18.3 Å². The second-order valence-electron chi connectivity index (χ2n) is 6.12. The number of rotatable bonds is 4. The number of hydrogen-bond acceptors (Lipinski definition) is 3. The van der Waals surface area contributed by atoms with Crippen molar-refractivity contribution in [1.82, 2.24) is 9.88 Å². The fourth-order valence-corrected chi connectivity index (χ4v) is 3.39. The van der Waals surface area contributed by atoms with Crippen molar-refractivity contribution >= 4 is 27.5 Å². The first-order chi connectivity index (χ1) is 12.0. The predicted octanol–water partition coefficient (Wildman–Crippen LogP) is 2.54. The van der Waals surface area contributed by atoms with E-state index in [-0.39, 0.29) is 29.9 Å². The summed E-state index contributed by atoms with van der Waals surface area (Å²) in [4.78, 5) is 26.1. The van der Waals surface area contributed by atoms with Crippen LogP contribution in [-0.4, -0.2) is 29.6 Å². The molecule has 0 spiro atoms. The van der Waals surface area contributed by atoms with Crippen LogP contribution < -0.4 is 15.8 Å². The SMILES string of the molecule is O=C(Cn1cc(Br)ccc1=O)NC1CCN(c2cccc(F)c2)CC1. The number of piperidine rings is 1. The highest BCUT2D eigenvalue weighted by atomic mass is 79.9. The molecule has 132 valence electrons. The van der Waals surface area contributed by atoms with Gasteiger partial charge in [-0.2, -0.15) is 0 Å². The fraction of sp³-hybridized carbons (Fsp3) is 0.333. The summed E-state index contributed by atoms with van der Waals surface area (Å²) in [6.45, 7) is 1.51. The molecule has 3 rings (SSSR count). The van der Waals surface area contributed by atoms with Crippen LogP contribution in [0.2, 0.25) is 0 Å². The van der Waals surface area contributed by atoms with E-state index in [0.717, 1.165) is 36.1 Å². The summed E-state index contributed by atoms with van der Waals surface area (Å²) in [5, 5.41) is 2.98. The lowest BCUT2D eigenvalue weighted by molar-refractivity contribution is -0.122. The van der Waals surface area contributed by atoms with E-state index >= 15 is 0 Å². The van der Waals surface area contributed by atoms with E-state index in [1.807, 2.05) is 6.07 Å². The molecule has 2 aromatic rings. The Morgan fingerprint density at radius 3 is 2.72 bits per heavy atom. The molecule has 7 heteroatoms. The Kier molecular flexibility index (Phi) is 5.53. The van der Waals surface area contributed by atoms with Crippen LogP contribution in [-0.2, 0) is 11.3 Å². The van der Waals surface area contributed by atoms with E-state index in [2.05, 4.69) is 26.1 Å². The van der Waals surface area contributed by atoms with E-state index in [9.17, 15) is 14.0 Å². The van der Waals surface area contributed by atoms with E-state index in [1.165, 1.54) is 22.8 Å². The highest BCUT2D eigenvalue weighted by Crippen LogP contribution is 2.20. The number of halogens is 2.